The molecule has 1 heterocycles. The number of benzene rings is 1. The van der Waals surface area contributed by atoms with Crippen LogP contribution in [0.3, 0.4) is 0 Å². The smallest absolute Gasteiger partial charge is 0.354 e. The van der Waals surface area contributed by atoms with E-state index < -0.39 is 5.97 Å². The van der Waals surface area contributed by atoms with Gasteiger partial charge in [0.05, 0.1) is 6.61 Å². The fraction of sp³-hybridized carbons (Fsp3) is 0.312. The minimum atomic E-state index is -1.07. The molecule has 2 N–H and O–H groups in total. The molecule has 0 saturated heterocycles. The number of rotatable bonds is 7. The first-order chi connectivity index (χ1) is 10.6. The summed E-state index contributed by atoms with van der Waals surface area (Å²) in [5.74, 6) is 0.695. The summed E-state index contributed by atoms with van der Waals surface area (Å²) in [7, 11) is 1.69. The van der Waals surface area contributed by atoms with Crippen molar-refractivity contribution in [3.63, 3.8) is 0 Å². The highest BCUT2D eigenvalue weighted by Gasteiger charge is 2.10. The summed E-state index contributed by atoms with van der Waals surface area (Å²) in [6.07, 6.45) is 1.33. The summed E-state index contributed by atoms with van der Waals surface area (Å²) in [6, 6.07) is 9.25. The number of aromatic carboxylic acids is 1. The fourth-order valence-corrected chi connectivity index (χ4v) is 2.04. The van der Waals surface area contributed by atoms with E-state index in [2.05, 4.69) is 22.2 Å². The number of aryl methyl sites for hydroxylation is 1. The summed E-state index contributed by atoms with van der Waals surface area (Å²) >= 11 is 0. The molecule has 116 valence electrons. The zero-order valence-corrected chi connectivity index (χ0v) is 12.7. The Labute approximate surface area is 129 Å². The summed E-state index contributed by atoms with van der Waals surface area (Å²) in [5.41, 5.74) is 1.11. The van der Waals surface area contributed by atoms with Gasteiger partial charge < -0.3 is 15.2 Å². The van der Waals surface area contributed by atoms with Crippen LogP contribution in [0.1, 0.15) is 28.8 Å². The van der Waals surface area contributed by atoms with Crippen LogP contribution in [0.2, 0.25) is 0 Å². The SMILES string of the molecule is CCc1ccccc1OCCc1nc(NC)cc(C(=O)O)n1. The molecule has 0 aliphatic rings. The number of ether oxygens (including phenoxy) is 1. The van der Waals surface area contributed by atoms with Gasteiger partial charge in [0.25, 0.3) is 0 Å². The highest BCUT2D eigenvalue weighted by molar-refractivity contribution is 5.86. The van der Waals surface area contributed by atoms with E-state index in [1.165, 1.54) is 6.07 Å². The van der Waals surface area contributed by atoms with E-state index in [9.17, 15) is 4.79 Å². The second-order valence-corrected chi connectivity index (χ2v) is 4.67. The minimum Gasteiger partial charge on any atom is -0.493 e. The van der Waals surface area contributed by atoms with Crippen LogP contribution in [-0.4, -0.2) is 34.7 Å². The lowest BCUT2D eigenvalue weighted by Gasteiger charge is -2.10. The highest BCUT2D eigenvalue weighted by atomic mass is 16.5. The molecule has 6 heteroatoms. The van der Waals surface area contributed by atoms with Crippen molar-refractivity contribution in [2.24, 2.45) is 0 Å². The Kier molecular flexibility index (Phi) is 5.30. The molecule has 22 heavy (non-hydrogen) atoms. The standard InChI is InChI=1S/C16H19N3O3/c1-3-11-6-4-5-7-13(11)22-9-8-14-18-12(16(20)21)10-15(17-2)19-14/h4-7,10H,3,8-9H2,1-2H3,(H,20,21)(H,17,18,19). The monoisotopic (exact) mass is 301 g/mol. The number of para-hydroxylation sites is 1. The second kappa shape index (κ2) is 7.40. The van der Waals surface area contributed by atoms with Gasteiger partial charge in [-0.1, -0.05) is 25.1 Å². The number of hydrogen-bond donors (Lipinski definition) is 2. The number of aromatic nitrogens is 2. The van der Waals surface area contributed by atoms with E-state index in [1.807, 2.05) is 24.3 Å². The number of nitrogens with one attached hydrogen (secondary N) is 1. The first-order valence-electron chi connectivity index (χ1n) is 7.13. The van der Waals surface area contributed by atoms with Gasteiger partial charge in [0.15, 0.2) is 5.69 Å². The Morgan fingerprint density at radius 1 is 1.32 bits per heavy atom. The Hall–Kier alpha value is -2.63. The summed E-state index contributed by atoms with van der Waals surface area (Å²) in [5, 5.41) is 11.9. The first kappa shape index (κ1) is 15.8. The van der Waals surface area contributed by atoms with Crippen LogP contribution in [-0.2, 0) is 12.8 Å². The van der Waals surface area contributed by atoms with E-state index >= 15 is 0 Å². The third kappa shape index (κ3) is 3.94. The van der Waals surface area contributed by atoms with E-state index in [0.717, 1.165) is 17.7 Å². The first-order valence-corrected chi connectivity index (χ1v) is 7.13. The Balaban J connectivity index is 2.05. The maximum atomic E-state index is 11.1. The van der Waals surface area contributed by atoms with Gasteiger partial charge in [-0.3, -0.25) is 0 Å². The lowest BCUT2D eigenvalue weighted by molar-refractivity contribution is 0.0690. The number of nitrogens with zero attached hydrogens (tertiary/aromatic N) is 2. The van der Waals surface area contributed by atoms with Gasteiger partial charge in [-0.25, -0.2) is 14.8 Å². The fourth-order valence-electron chi connectivity index (χ4n) is 2.04. The van der Waals surface area contributed by atoms with Gasteiger partial charge in [0.2, 0.25) is 0 Å². The topological polar surface area (TPSA) is 84.3 Å². The molecule has 1 aromatic heterocycles. The van der Waals surface area contributed by atoms with Crippen molar-refractivity contribution < 1.29 is 14.6 Å². The molecule has 0 aliphatic carbocycles. The van der Waals surface area contributed by atoms with Crippen molar-refractivity contribution in [2.75, 3.05) is 19.0 Å². The van der Waals surface area contributed by atoms with Crippen LogP contribution >= 0.6 is 0 Å². The normalized spacial score (nSPS) is 10.3. The average Bonchev–Trinajstić information content (AvgIpc) is 2.55. The van der Waals surface area contributed by atoms with Crippen molar-refractivity contribution in [1.82, 2.24) is 9.97 Å². The lowest BCUT2D eigenvalue weighted by atomic mass is 10.1. The van der Waals surface area contributed by atoms with Crippen LogP contribution in [0.15, 0.2) is 30.3 Å². The van der Waals surface area contributed by atoms with Crippen LogP contribution in [0, 0.1) is 0 Å². The molecule has 0 fully saturated rings. The van der Waals surface area contributed by atoms with Crippen molar-refractivity contribution in [2.45, 2.75) is 19.8 Å². The number of anilines is 1. The van der Waals surface area contributed by atoms with E-state index in [0.29, 0.717) is 24.7 Å². The zero-order chi connectivity index (χ0) is 15.9. The number of carbonyl (C=O) groups is 1. The van der Waals surface area contributed by atoms with E-state index in [-0.39, 0.29) is 5.69 Å². The average molecular weight is 301 g/mol. The van der Waals surface area contributed by atoms with Crippen molar-refractivity contribution in [1.29, 1.82) is 0 Å². The van der Waals surface area contributed by atoms with Crippen molar-refractivity contribution in [3.05, 3.63) is 47.4 Å². The van der Waals surface area contributed by atoms with Gasteiger partial charge in [-0.05, 0) is 18.1 Å². The lowest BCUT2D eigenvalue weighted by Crippen LogP contribution is -2.11. The zero-order valence-electron chi connectivity index (χ0n) is 12.7. The Morgan fingerprint density at radius 3 is 2.77 bits per heavy atom. The molecule has 0 radical (unpaired) electrons. The molecule has 0 aliphatic heterocycles. The maximum Gasteiger partial charge on any atom is 0.354 e. The predicted molar refractivity (Wildman–Crippen MR) is 83.6 cm³/mol. The molecule has 1 aromatic carbocycles. The van der Waals surface area contributed by atoms with Gasteiger partial charge in [-0.2, -0.15) is 0 Å². The predicted octanol–water partition coefficient (Wildman–Crippen LogP) is 2.40. The van der Waals surface area contributed by atoms with E-state index in [1.54, 1.807) is 7.05 Å². The molecule has 0 atom stereocenters. The van der Waals surface area contributed by atoms with E-state index in [4.69, 9.17) is 9.84 Å². The molecule has 6 nitrogen and oxygen atoms in total. The molecule has 0 unspecified atom stereocenters. The molecule has 0 bridgehead atoms. The quantitative estimate of drug-likeness (QED) is 0.817. The van der Waals surface area contributed by atoms with Crippen LogP contribution in [0.25, 0.3) is 0 Å². The molecular weight excluding hydrogens is 282 g/mol. The van der Waals surface area contributed by atoms with Crippen molar-refractivity contribution in [3.8, 4) is 5.75 Å². The summed E-state index contributed by atoms with van der Waals surface area (Å²) < 4.78 is 5.76. The third-order valence-electron chi connectivity index (χ3n) is 3.18. The van der Waals surface area contributed by atoms with Crippen molar-refractivity contribution >= 4 is 11.8 Å². The Morgan fingerprint density at radius 2 is 2.09 bits per heavy atom. The Bertz CT molecular complexity index is 659. The molecule has 2 rings (SSSR count). The molecule has 0 amide bonds. The highest BCUT2D eigenvalue weighted by Crippen LogP contribution is 2.18. The molecule has 0 spiro atoms. The third-order valence-corrected chi connectivity index (χ3v) is 3.18. The second-order valence-electron chi connectivity index (χ2n) is 4.67. The molecule has 0 saturated carbocycles. The summed E-state index contributed by atoms with van der Waals surface area (Å²) in [6.45, 7) is 2.46. The summed E-state index contributed by atoms with van der Waals surface area (Å²) in [4.78, 5) is 19.3. The molecule has 2 aromatic rings. The minimum absolute atomic E-state index is 0.0247. The van der Waals surface area contributed by atoms with Crippen LogP contribution in [0.4, 0.5) is 5.82 Å². The van der Waals surface area contributed by atoms with Gasteiger partial charge in [0, 0.05) is 19.5 Å². The largest absolute Gasteiger partial charge is 0.493 e. The van der Waals surface area contributed by atoms with Crippen LogP contribution < -0.4 is 10.1 Å². The van der Waals surface area contributed by atoms with Gasteiger partial charge in [0.1, 0.15) is 17.4 Å². The molecular formula is C16H19N3O3. The number of hydrogen-bond acceptors (Lipinski definition) is 5. The van der Waals surface area contributed by atoms with Crippen LogP contribution in [0.5, 0.6) is 5.75 Å². The van der Waals surface area contributed by atoms with Gasteiger partial charge >= 0.3 is 5.97 Å². The number of carboxylic acid groups (broad SMARTS) is 1. The van der Waals surface area contributed by atoms with Gasteiger partial charge in [-0.15, -0.1) is 0 Å². The maximum absolute atomic E-state index is 11.1. The number of carboxylic acids is 1.